The number of amides is 1. The van der Waals surface area contributed by atoms with Crippen LogP contribution in [0.2, 0.25) is 0 Å². The number of hydrogen-bond donors (Lipinski definition) is 1. The summed E-state index contributed by atoms with van der Waals surface area (Å²) in [4.78, 5) is 24.7. The molecule has 1 saturated heterocycles. The molecule has 4 rings (SSSR count). The van der Waals surface area contributed by atoms with Crippen molar-refractivity contribution in [3.8, 4) is 0 Å². The first-order valence-corrected chi connectivity index (χ1v) is 8.52. The number of benzene rings is 1. The van der Waals surface area contributed by atoms with E-state index in [4.69, 9.17) is 4.74 Å². The molecule has 1 aliphatic rings. The molecule has 25 heavy (non-hydrogen) atoms. The fourth-order valence-electron chi connectivity index (χ4n) is 3.32. The number of pyridine rings is 1. The monoisotopic (exact) mass is 340 g/mol. The van der Waals surface area contributed by atoms with Gasteiger partial charge in [0.1, 0.15) is 6.10 Å². The van der Waals surface area contributed by atoms with E-state index in [-0.39, 0.29) is 17.7 Å². The maximum absolute atomic E-state index is 12.8. The van der Waals surface area contributed by atoms with Gasteiger partial charge in [-0.25, -0.2) is 13.9 Å². The van der Waals surface area contributed by atoms with E-state index in [0.717, 1.165) is 29.3 Å². The maximum Gasteiger partial charge on any atom is 0.350 e. The Hall–Kier alpha value is -2.67. The van der Waals surface area contributed by atoms with E-state index in [1.807, 2.05) is 37.3 Å². The Bertz CT molecular complexity index is 999. The molecular formula is C18H20N4O3. The van der Waals surface area contributed by atoms with Crippen molar-refractivity contribution < 1.29 is 9.53 Å². The number of aromatic nitrogens is 3. The molecular weight excluding hydrogens is 320 g/mol. The summed E-state index contributed by atoms with van der Waals surface area (Å²) in [6.07, 6.45) is 1.31. The number of hydrogen-bond acceptors (Lipinski definition) is 4. The molecule has 2 aromatic heterocycles. The van der Waals surface area contributed by atoms with E-state index in [0.29, 0.717) is 25.3 Å². The standard InChI is InChI=1S/C18H20N4O3/c1-12-11-13-5-2-3-6-14(13)22-16(12)20-21(18(22)24)9-8-19-17(23)15-7-4-10-25-15/h2-3,5-6,11,15H,4,7-10H2,1H3,(H,19,23)/t15-/m1/s1. The van der Waals surface area contributed by atoms with E-state index >= 15 is 0 Å². The van der Waals surface area contributed by atoms with Crippen molar-refractivity contribution in [2.24, 2.45) is 0 Å². The quantitative estimate of drug-likeness (QED) is 0.775. The summed E-state index contributed by atoms with van der Waals surface area (Å²) in [7, 11) is 0. The highest BCUT2D eigenvalue weighted by Gasteiger charge is 2.23. The van der Waals surface area contributed by atoms with Crippen molar-refractivity contribution in [2.45, 2.75) is 32.4 Å². The number of para-hydroxylation sites is 1. The number of rotatable bonds is 4. The molecule has 1 atom stereocenters. The minimum Gasteiger partial charge on any atom is -0.368 e. The van der Waals surface area contributed by atoms with E-state index in [2.05, 4.69) is 10.4 Å². The number of aryl methyl sites for hydroxylation is 1. The smallest absolute Gasteiger partial charge is 0.350 e. The lowest BCUT2D eigenvalue weighted by molar-refractivity contribution is -0.130. The minimum atomic E-state index is -0.357. The van der Waals surface area contributed by atoms with Gasteiger partial charge in [0.05, 0.1) is 12.1 Å². The van der Waals surface area contributed by atoms with Crippen LogP contribution in [0.4, 0.5) is 0 Å². The van der Waals surface area contributed by atoms with Gasteiger partial charge in [0.25, 0.3) is 0 Å². The third kappa shape index (κ3) is 2.80. The van der Waals surface area contributed by atoms with Crippen LogP contribution >= 0.6 is 0 Å². The second kappa shape index (κ2) is 6.33. The fraction of sp³-hybridized carbons (Fsp3) is 0.389. The molecule has 1 aromatic carbocycles. The van der Waals surface area contributed by atoms with Crippen LogP contribution in [0, 0.1) is 6.92 Å². The highest BCUT2D eigenvalue weighted by atomic mass is 16.5. The van der Waals surface area contributed by atoms with Gasteiger partial charge in [0.15, 0.2) is 5.65 Å². The van der Waals surface area contributed by atoms with Gasteiger partial charge in [-0.05, 0) is 42.8 Å². The lowest BCUT2D eigenvalue weighted by Crippen LogP contribution is -2.37. The fourth-order valence-corrected chi connectivity index (χ4v) is 3.32. The highest BCUT2D eigenvalue weighted by molar-refractivity contribution is 5.83. The second-order valence-corrected chi connectivity index (χ2v) is 6.34. The van der Waals surface area contributed by atoms with Crippen molar-refractivity contribution in [1.82, 2.24) is 19.5 Å². The zero-order valence-corrected chi connectivity index (χ0v) is 14.1. The number of ether oxygens (including phenoxy) is 1. The number of carbonyl (C=O) groups is 1. The molecule has 0 saturated carbocycles. The third-order valence-corrected chi connectivity index (χ3v) is 4.59. The van der Waals surface area contributed by atoms with E-state index in [1.165, 1.54) is 4.68 Å². The molecule has 7 nitrogen and oxygen atoms in total. The topological polar surface area (TPSA) is 77.6 Å². The lowest BCUT2D eigenvalue weighted by atomic mass is 10.1. The van der Waals surface area contributed by atoms with Gasteiger partial charge in [-0.1, -0.05) is 18.2 Å². The van der Waals surface area contributed by atoms with Gasteiger partial charge >= 0.3 is 5.69 Å². The molecule has 7 heteroatoms. The normalized spacial score (nSPS) is 17.4. The highest BCUT2D eigenvalue weighted by Crippen LogP contribution is 2.17. The van der Waals surface area contributed by atoms with Crippen molar-refractivity contribution in [3.05, 3.63) is 46.4 Å². The molecule has 0 unspecified atom stereocenters. The van der Waals surface area contributed by atoms with Gasteiger partial charge in [-0.3, -0.25) is 4.79 Å². The van der Waals surface area contributed by atoms with Crippen molar-refractivity contribution >= 4 is 22.5 Å². The van der Waals surface area contributed by atoms with Gasteiger partial charge in [0.2, 0.25) is 5.91 Å². The van der Waals surface area contributed by atoms with Crippen LogP contribution < -0.4 is 11.0 Å². The van der Waals surface area contributed by atoms with Gasteiger partial charge in [0, 0.05) is 13.2 Å². The Labute approximate surface area is 144 Å². The Morgan fingerprint density at radius 3 is 3.04 bits per heavy atom. The van der Waals surface area contributed by atoms with Crippen molar-refractivity contribution in [3.63, 3.8) is 0 Å². The summed E-state index contributed by atoms with van der Waals surface area (Å²) in [6.45, 7) is 3.25. The molecule has 0 radical (unpaired) electrons. The molecule has 130 valence electrons. The largest absolute Gasteiger partial charge is 0.368 e. The maximum atomic E-state index is 12.8. The lowest BCUT2D eigenvalue weighted by Gasteiger charge is -2.09. The van der Waals surface area contributed by atoms with Crippen LogP contribution in [-0.4, -0.2) is 39.3 Å². The molecule has 0 bridgehead atoms. The number of fused-ring (bicyclic) bond motifs is 3. The Morgan fingerprint density at radius 1 is 1.40 bits per heavy atom. The van der Waals surface area contributed by atoms with Crippen LogP contribution in [0.3, 0.4) is 0 Å². The van der Waals surface area contributed by atoms with E-state index < -0.39 is 0 Å². The summed E-state index contributed by atoms with van der Waals surface area (Å²) in [6, 6.07) is 9.77. The van der Waals surface area contributed by atoms with Gasteiger partial charge < -0.3 is 10.1 Å². The average molecular weight is 340 g/mol. The SMILES string of the molecule is Cc1cc2ccccc2n2c(=O)n(CCNC(=O)[C@H]3CCCO3)nc12. The second-order valence-electron chi connectivity index (χ2n) is 6.34. The number of nitrogens with zero attached hydrogens (tertiary/aromatic N) is 3. The van der Waals surface area contributed by atoms with Gasteiger partial charge in [-0.15, -0.1) is 5.10 Å². The Balaban J connectivity index is 1.59. The van der Waals surface area contributed by atoms with Crippen LogP contribution in [0.1, 0.15) is 18.4 Å². The minimum absolute atomic E-state index is 0.115. The summed E-state index contributed by atoms with van der Waals surface area (Å²) in [5, 5.41) is 8.27. The molecule has 1 aliphatic heterocycles. The summed E-state index contributed by atoms with van der Waals surface area (Å²) in [5.74, 6) is -0.115. The first kappa shape index (κ1) is 15.8. The van der Waals surface area contributed by atoms with E-state index in [1.54, 1.807) is 4.40 Å². The molecule has 0 aliphatic carbocycles. The first-order chi connectivity index (χ1) is 12.1. The van der Waals surface area contributed by atoms with Crippen molar-refractivity contribution in [1.29, 1.82) is 0 Å². The van der Waals surface area contributed by atoms with Crippen LogP contribution in [0.25, 0.3) is 16.6 Å². The molecule has 1 fully saturated rings. The predicted molar refractivity (Wildman–Crippen MR) is 93.7 cm³/mol. The number of carbonyl (C=O) groups excluding carboxylic acids is 1. The number of nitrogens with one attached hydrogen (secondary N) is 1. The predicted octanol–water partition coefficient (Wildman–Crippen LogP) is 1.25. The van der Waals surface area contributed by atoms with Crippen LogP contribution in [0.15, 0.2) is 35.1 Å². The Kier molecular flexibility index (Phi) is 4.01. The third-order valence-electron chi connectivity index (χ3n) is 4.59. The molecule has 3 heterocycles. The summed E-state index contributed by atoms with van der Waals surface area (Å²) in [5.41, 5.74) is 2.23. The van der Waals surface area contributed by atoms with Crippen LogP contribution in [0.5, 0.6) is 0 Å². The molecule has 3 aromatic rings. The van der Waals surface area contributed by atoms with Crippen LogP contribution in [-0.2, 0) is 16.1 Å². The molecule has 0 spiro atoms. The molecule has 1 amide bonds. The zero-order chi connectivity index (χ0) is 17.4. The van der Waals surface area contributed by atoms with Crippen molar-refractivity contribution in [2.75, 3.05) is 13.2 Å². The molecule has 1 N–H and O–H groups in total. The Morgan fingerprint density at radius 2 is 2.24 bits per heavy atom. The first-order valence-electron chi connectivity index (χ1n) is 8.52. The van der Waals surface area contributed by atoms with Gasteiger partial charge in [-0.2, -0.15) is 0 Å². The summed E-state index contributed by atoms with van der Waals surface area (Å²) < 4.78 is 8.39. The zero-order valence-electron chi connectivity index (χ0n) is 14.1. The van der Waals surface area contributed by atoms with E-state index in [9.17, 15) is 9.59 Å². The summed E-state index contributed by atoms with van der Waals surface area (Å²) >= 11 is 0. The average Bonchev–Trinajstić information content (AvgIpc) is 3.25.